The van der Waals surface area contributed by atoms with Crippen molar-refractivity contribution in [1.29, 1.82) is 0 Å². The molecule has 22 heavy (non-hydrogen) atoms. The Balaban J connectivity index is 1.88. The average molecular weight is 313 g/mol. The number of ether oxygens (including phenoxy) is 3. The lowest BCUT2D eigenvalue weighted by atomic mass is 9.99. The van der Waals surface area contributed by atoms with Crippen molar-refractivity contribution in [2.45, 2.75) is 12.2 Å². The fourth-order valence-electron chi connectivity index (χ4n) is 1.99. The predicted molar refractivity (Wildman–Crippen MR) is 69.6 cm³/mol. The smallest absolute Gasteiger partial charge is 0.387 e. The van der Waals surface area contributed by atoms with E-state index >= 15 is 0 Å². The zero-order valence-corrected chi connectivity index (χ0v) is 11.6. The maximum absolute atomic E-state index is 12.3. The molecular formula is C13H13F2N3O4. The van der Waals surface area contributed by atoms with E-state index < -0.39 is 12.2 Å². The minimum absolute atomic E-state index is 0.0762. The van der Waals surface area contributed by atoms with E-state index in [1.54, 1.807) is 0 Å². The number of rotatable bonds is 5. The molecule has 118 valence electrons. The van der Waals surface area contributed by atoms with Gasteiger partial charge in [-0.05, 0) is 18.2 Å². The van der Waals surface area contributed by atoms with Crippen LogP contribution in [0.2, 0.25) is 0 Å². The molecule has 0 unspecified atom stereocenters. The first-order chi connectivity index (χ1) is 10.5. The van der Waals surface area contributed by atoms with Gasteiger partial charge in [-0.15, -0.1) is 0 Å². The summed E-state index contributed by atoms with van der Waals surface area (Å²) in [5.74, 6) is 0.598. The third-order valence-corrected chi connectivity index (χ3v) is 3.21. The Morgan fingerprint density at radius 1 is 1.32 bits per heavy atom. The van der Waals surface area contributed by atoms with Crippen molar-refractivity contribution in [1.82, 2.24) is 10.1 Å². The van der Waals surface area contributed by atoms with Crippen LogP contribution in [0.3, 0.4) is 0 Å². The van der Waals surface area contributed by atoms with E-state index in [-0.39, 0.29) is 23.2 Å². The summed E-state index contributed by atoms with van der Waals surface area (Å²) in [7, 11) is 1.35. The standard InChI is InChI=1S/C13H13F2N3O4/c1-19-9-4-7(2-3-8(9)21-12(14)15)10-17-11(22-18-10)13(16)5-20-6-13/h2-4,12H,5-6,16H2,1H3. The Morgan fingerprint density at radius 3 is 2.68 bits per heavy atom. The number of hydrogen-bond acceptors (Lipinski definition) is 7. The van der Waals surface area contributed by atoms with Crippen LogP contribution < -0.4 is 15.2 Å². The van der Waals surface area contributed by atoms with Crippen LogP contribution in [0.4, 0.5) is 8.78 Å². The van der Waals surface area contributed by atoms with Crippen molar-refractivity contribution in [2.24, 2.45) is 5.73 Å². The van der Waals surface area contributed by atoms with Crippen LogP contribution in [0, 0.1) is 0 Å². The van der Waals surface area contributed by atoms with Crippen LogP contribution in [0.15, 0.2) is 22.7 Å². The van der Waals surface area contributed by atoms with Crippen LogP contribution in [0.25, 0.3) is 11.4 Å². The highest BCUT2D eigenvalue weighted by Gasteiger charge is 2.41. The van der Waals surface area contributed by atoms with E-state index in [0.29, 0.717) is 18.8 Å². The van der Waals surface area contributed by atoms with Crippen molar-refractivity contribution in [3.8, 4) is 22.9 Å². The largest absolute Gasteiger partial charge is 0.493 e. The number of benzene rings is 1. The lowest BCUT2D eigenvalue weighted by Crippen LogP contribution is -2.54. The molecule has 7 nitrogen and oxygen atoms in total. The van der Waals surface area contributed by atoms with Crippen molar-refractivity contribution >= 4 is 0 Å². The molecule has 1 aliphatic heterocycles. The first-order valence-electron chi connectivity index (χ1n) is 6.36. The van der Waals surface area contributed by atoms with E-state index in [0.717, 1.165) is 0 Å². The Hall–Kier alpha value is -2.26. The molecule has 0 saturated carbocycles. The molecule has 1 fully saturated rings. The predicted octanol–water partition coefficient (Wildman–Crippen LogP) is 1.53. The number of halogens is 2. The van der Waals surface area contributed by atoms with Crippen LogP contribution in [-0.2, 0) is 10.3 Å². The minimum Gasteiger partial charge on any atom is -0.493 e. The molecule has 2 N–H and O–H groups in total. The van der Waals surface area contributed by atoms with Crippen molar-refractivity contribution in [3.05, 3.63) is 24.1 Å². The van der Waals surface area contributed by atoms with Crippen LogP contribution in [0.1, 0.15) is 5.89 Å². The van der Waals surface area contributed by atoms with Gasteiger partial charge >= 0.3 is 6.61 Å². The number of nitrogens with zero attached hydrogens (tertiary/aromatic N) is 2. The van der Waals surface area contributed by atoms with Gasteiger partial charge in [-0.3, -0.25) is 0 Å². The van der Waals surface area contributed by atoms with Gasteiger partial charge in [0.25, 0.3) is 5.89 Å². The van der Waals surface area contributed by atoms with Crippen molar-refractivity contribution in [2.75, 3.05) is 20.3 Å². The molecule has 1 aromatic heterocycles. The fraction of sp³-hybridized carbons (Fsp3) is 0.385. The van der Waals surface area contributed by atoms with Crippen LogP contribution in [0.5, 0.6) is 11.5 Å². The molecule has 0 spiro atoms. The maximum Gasteiger partial charge on any atom is 0.387 e. The Morgan fingerprint density at radius 2 is 2.09 bits per heavy atom. The van der Waals surface area contributed by atoms with Crippen molar-refractivity contribution < 1.29 is 27.5 Å². The third-order valence-electron chi connectivity index (χ3n) is 3.21. The molecule has 0 radical (unpaired) electrons. The Bertz CT molecular complexity index is 673. The molecule has 2 aromatic rings. The van der Waals surface area contributed by atoms with Gasteiger partial charge in [-0.25, -0.2) is 0 Å². The minimum atomic E-state index is -2.94. The molecule has 9 heteroatoms. The average Bonchev–Trinajstić information content (AvgIpc) is 2.94. The molecule has 1 aromatic carbocycles. The van der Waals surface area contributed by atoms with Gasteiger partial charge in [0.1, 0.15) is 5.54 Å². The molecule has 0 amide bonds. The third kappa shape index (κ3) is 2.60. The fourth-order valence-corrected chi connectivity index (χ4v) is 1.99. The van der Waals surface area contributed by atoms with Crippen LogP contribution >= 0.6 is 0 Å². The molecule has 1 saturated heterocycles. The summed E-state index contributed by atoms with van der Waals surface area (Å²) >= 11 is 0. The highest BCUT2D eigenvalue weighted by Crippen LogP contribution is 2.33. The number of methoxy groups -OCH3 is 1. The first kappa shape index (κ1) is 14.7. The first-order valence-corrected chi connectivity index (χ1v) is 6.36. The van der Waals surface area contributed by atoms with Gasteiger partial charge in [0.05, 0.1) is 20.3 Å². The van der Waals surface area contributed by atoms with E-state index in [2.05, 4.69) is 14.9 Å². The monoisotopic (exact) mass is 313 g/mol. The number of aromatic nitrogens is 2. The summed E-state index contributed by atoms with van der Waals surface area (Å²) in [6, 6.07) is 4.35. The van der Waals surface area contributed by atoms with Gasteiger partial charge in [0.2, 0.25) is 5.82 Å². The zero-order chi connectivity index (χ0) is 15.7. The van der Waals surface area contributed by atoms with E-state index in [1.165, 1.54) is 25.3 Å². The van der Waals surface area contributed by atoms with Gasteiger partial charge in [-0.2, -0.15) is 13.8 Å². The normalized spacial score (nSPS) is 16.4. The van der Waals surface area contributed by atoms with E-state index in [1.807, 2.05) is 0 Å². The van der Waals surface area contributed by atoms with Gasteiger partial charge in [0, 0.05) is 5.56 Å². The molecular weight excluding hydrogens is 300 g/mol. The Labute approximate surface area is 124 Å². The molecule has 2 heterocycles. The second-order valence-corrected chi connectivity index (χ2v) is 4.82. The van der Waals surface area contributed by atoms with Gasteiger partial charge < -0.3 is 24.5 Å². The summed E-state index contributed by atoms with van der Waals surface area (Å²) in [6.07, 6.45) is 0. The summed E-state index contributed by atoms with van der Waals surface area (Å²) in [5.41, 5.74) is 5.76. The summed E-state index contributed by atoms with van der Waals surface area (Å²) in [5, 5.41) is 3.83. The maximum atomic E-state index is 12.3. The summed E-state index contributed by atoms with van der Waals surface area (Å²) < 4.78 is 44.1. The van der Waals surface area contributed by atoms with Crippen molar-refractivity contribution in [3.63, 3.8) is 0 Å². The van der Waals surface area contributed by atoms with E-state index in [4.69, 9.17) is 19.7 Å². The number of alkyl halides is 2. The molecule has 0 bridgehead atoms. The highest BCUT2D eigenvalue weighted by atomic mass is 19.3. The van der Waals surface area contributed by atoms with Gasteiger partial charge in [0.15, 0.2) is 11.5 Å². The SMILES string of the molecule is COc1cc(-c2noc(C3(N)COC3)n2)ccc1OC(F)F. The van der Waals surface area contributed by atoms with E-state index in [9.17, 15) is 8.78 Å². The molecule has 0 atom stereocenters. The number of nitrogens with two attached hydrogens (primary N) is 1. The van der Waals surface area contributed by atoms with Crippen LogP contribution in [-0.4, -0.2) is 37.1 Å². The van der Waals surface area contributed by atoms with Gasteiger partial charge in [-0.1, -0.05) is 5.16 Å². The lowest BCUT2D eigenvalue weighted by molar-refractivity contribution is -0.0714. The summed E-state index contributed by atoms with van der Waals surface area (Å²) in [6.45, 7) is -2.33. The Kier molecular flexibility index (Phi) is 3.67. The molecule has 1 aliphatic rings. The highest BCUT2D eigenvalue weighted by molar-refractivity contribution is 5.60. The quantitative estimate of drug-likeness (QED) is 0.894. The molecule has 0 aliphatic carbocycles. The zero-order valence-electron chi connectivity index (χ0n) is 11.6. The summed E-state index contributed by atoms with van der Waals surface area (Å²) in [4.78, 5) is 4.21. The second kappa shape index (κ2) is 5.50. The molecule has 3 rings (SSSR count). The lowest BCUT2D eigenvalue weighted by Gasteiger charge is -2.33. The number of hydrogen-bond donors (Lipinski definition) is 1. The second-order valence-electron chi connectivity index (χ2n) is 4.82. The topological polar surface area (TPSA) is 92.6 Å².